The van der Waals surface area contributed by atoms with Crippen LogP contribution in [0, 0.1) is 6.92 Å². The molecule has 2 N–H and O–H groups in total. The van der Waals surface area contributed by atoms with E-state index in [-0.39, 0.29) is 17.2 Å². The van der Waals surface area contributed by atoms with Gasteiger partial charge in [-0.25, -0.2) is 0 Å². The maximum absolute atomic E-state index is 11.9. The number of aromatic amines is 1. The first-order valence-corrected chi connectivity index (χ1v) is 7.17. The number of nitrogens with one attached hydrogen (secondary N) is 2. The van der Waals surface area contributed by atoms with Crippen molar-refractivity contribution in [1.82, 2.24) is 15.2 Å². The van der Waals surface area contributed by atoms with Crippen LogP contribution in [0.1, 0.15) is 55.6 Å². The molecule has 3 rings (SSSR count). The summed E-state index contributed by atoms with van der Waals surface area (Å²) in [6.45, 7) is 8.38. The van der Waals surface area contributed by atoms with E-state index in [1.54, 1.807) is 0 Å². The van der Waals surface area contributed by atoms with E-state index in [4.69, 9.17) is 0 Å². The number of anilines is 1. The topological polar surface area (TPSA) is 70.7 Å². The summed E-state index contributed by atoms with van der Waals surface area (Å²) in [4.78, 5) is 16.3. The van der Waals surface area contributed by atoms with Crippen molar-refractivity contribution in [2.45, 2.75) is 45.4 Å². The number of pyridine rings is 1. The van der Waals surface area contributed by atoms with Gasteiger partial charge in [0.1, 0.15) is 0 Å². The van der Waals surface area contributed by atoms with Gasteiger partial charge in [-0.1, -0.05) is 26.8 Å². The molecule has 1 aliphatic heterocycles. The van der Waals surface area contributed by atoms with Gasteiger partial charge in [0.05, 0.1) is 0 Å². The molecule has 5 heteroatoms. The van der Waals surface area contributed by atoms with Gasteiger partial charge in [0, 0.05) is 40.9 Å². The van der Waals surface area contributed by atoms with Gasteiger partial charge in [0.15, 0.2) is 5.82 Å². The fourth-order valence-electron chi connectivity index (χ4n) is 2.80. The third-order valence-electron chi connectivity index (χ3n) is 3.89. The number of amides is 1. The van der Waals surface area contributed by atoms with Crippen LogP contribution in [0.3, 0.4) is 0 Å². The lowest BCUT2D eigenvalue weighted by atomic mass is 9.80. The average molecular weight is 284 g/mol. The highest BCUT2D eigenvalue weighted by Gasteiger charge is 2.35. The lowest BCUT2D eigenvalue weighted by Gasteiger charge is -2.27. The van der Waals surface area contributed by atoms with Gasteiger partial charge >= 0.3 is 0 Å². The van der Waals surface area contributed by atoms with Gasteiger partial charge in [-0.3, -0.25) is 14.9 Å². The summed E-state index contributed by atoms with van der Waals surface area (Å²) in [6, 6.07) is 4.03. The van der Waals surface area contributed by atoms with Gasteiger partial charge in [0.2, 0.25) is 5.91 Å². The van der Waals surface area contributed by atoms with Crippen LogP contribution in [-0.4, -0.2) is 21.1 Å². The maximum atomic E-state index is 11.9. The first kappa shape index (κ1) is 13.8. The van der Waals surface area contributed by atoms with E-state index in [1.165, 1.54) is 0 Å². The van der Waals surface area contributed by atoms with Crippen LogP contribution < -0.4 is 5.32 Å². The van der Waals surface area contributed by atoms with Crippen LogP contribution in [0.2, 0.25) is 0 Å². The first-order valence-electron chi connectivity index (χ1n) is 7.17. The zero-order valence-corrected chi connectivity index (χ0v) is 12.8. The Morgan fingerprint density at radius 2 is 2.05 bits per heavy atom. The van der Waals surface area contributed by atoms with Crippen LogP contribution >= 0.6 is 0 Å². The second kappa shape index (κ2) is 4.69. The second-order valence-corrected chi connectivity index (χ2v) is 6.65. The van der Waals surface area contributed by atoms with E-state index >= 15 is 0 Å². The van der Waals surface area contributed by atoms with Gasteiger partial charge in [-0.15, -0.1) is 0 Å². The Hall–Kier alpha value is -2.17. The summed E-state index contributed by atoms with van der Waals surface area (Å²) in [5, 5.41) is 10.3. The first-order chi connectivity index (χ1) is 9.86. The molecule has 0 aromatic carbocycles. The molecule has 0 radical (unpaired) electrons. The fourth-order valence-corrected chi connectivity index (χ4v) is 2.80. The number of fused-ring (bicyclic) bond motifs is 1. The van der Waals surface area contributed by atoms with Crippen LogP contribution in [0.25, 0.3) is 0 Å². The predicted octanol–water partition coefficient (Wildman–Crippen LogP) is 2.88. The SMILES string of the molecule is Cc1ccc(C2CC(=O)Nc3n[nH]c(C(C)(C)C)c32)cn1. The van der Waals surface area contributed by atoms with E-state index < -0.39 is 0 Å². The van der Waals surface area contributed by atoms with Crippen molar-refractivity contribution in [3.05, 3.63) is 40.8 Å². The lowest BCUT2D eigenvalue weighted by Crippen LogP contribution is -2.25. The zero-order chi connectivity index (χ0) is 15.2. The number of hydrogen-bond donors (Lipinski definition) is 2. The van der Waals surface area contributed by atoms with Crippen molar-refractivity contribution in [3.8, 4) is 0 Å². The van der Waals surface area contributed by atoms with Crippen molar-refractivity contribution < 1.29 is 4.79 Å². The minimum absolute atomic E-state index is 0.0000317. The molecule has 21 heavy (non-hydrogen) atoms. The Bertz CT molecular complexity index is 679. The standard InChI is InChI=1S/C16H20N4O/c1-9-5-6-10(8-17-9)11-7-12(21)18-15-13(11)14(19-20-15)16(2,3)4/h5-6,8,11H,7H2,1-4H3,(H2,18,19,20,21). The predicted molar refractivity (Wildman–Crippen MR) is 81.4 cm³/mol. The molecule has 1 unspecified atom stereocenters. The number of aromatic nitrogens is 3. The molecule has 0 bridgehead atoms. The molecule has 3 heterocycles. The highest BCUT2D eigenvalue weighted by molar-refractivity contribution is 5.94. The summed E-state index contributed by atoms with van der Waals surface area (Å²) < 4.78 is 0. The van der Waals surface area contributed by atoms with Gasteiger partial charge < -0.3 is 5.32 Å². The van der Waals surface area contributed by atoms with Crippen molar-refractivity contribution in [1.29, 1.82) is 0 Å². The molecule has 110 valence electrons. The van der Waals surface area contributed by atoms with E-state index in [1.807, 2.05) is 19.2 Å². The summed E-state index contributed by atoms with van der Waals surface area (Å²) in [7, 11) is 0. The molecule has 0 fully saturated rings. The number of nitrogens with zero attached hydrogens (tertiary/aromatic N) is 2. The molecule has 2 aromatic rings. The summed E-state index contributed by atoms with van der Waals surface area (Å²) in [5.41, 5.74) is 4.14. The molecule has 5 nitrogen and oxygen atoms in total. The normalized spacial score (nSPS) is 18.3. The van der Waals surface area contributed by atoms with Crippen LogP contribution in [0.4, 0.5) is 5.82 Å². The van der Waals surface area contributed by atoms with Crippen LogP contribution in [-0.2, 0) is 10.2 Å². The van der Waals surface area contributed by atoms with Crippen LogP contribution in [0.5, 0.6) is 0 Å². The summed E-state index contributed by atoms with van der Waals surface area (Å²) in [5.74, 6) is 0.664. The van der Waals surface area contributed by atoms with Gasteiger partial charge in [-0.2, -0.15) is 5.10 Å². The van der Waals surface area contributed by atoms with E-state index in [2.05, 4.69) is 47.3 Å². The van der Waals surface area contributed by atoms with E-state index in [0.717, 1.165) is 22.5 Å². The monoisotopic (exact) mass is 284 g/mol. The molecule has 0 saturated carbocycles. The zero-order valence-electron chi connectivity index (χ0n) is 12.8. The highest BCUT2D eigenvalue weighted by Crippen LogP contribution is 2.41. The summed E-state index contributed by atoms with van der Waals surface area (Å²) >= 11 is 0. The largest absolute Gasteiger partial charge is 0.309 e. The van der Waals surface area contributed by atoms with Crippen molar-refractivity contribution in [2.24, 2.45) is 0 Å². The Morgan fingerprint density at radius 1 is 1.29 bits per heavy atom. The van der Waals surface area contributed by atoms with Gasteiger partial charge in [-0.05, 0) is 18.6 Å². The minimum atomic E-state index is -0.0565. The fraction of sp³-hybridized carbons (Fsp3) is 0.438. The van der Waals surface area contributed by atoms with Gasteiger partial charge in [0.25, 0.3) is 0 Å². The lowest BCUT2D eigenvalue weighted by molar-refractivity contribution is -0.116. The molecule has 2 aromatic heterocycles. The van der Waals surface area contributed by atoms with E-state index in [9.17, 15) is 4.79 Å². The Morgan fingerprint density at radius 3 is 2.67 bits per heavy atom. The summed E-state index contributed by atoms with van der Waals surface area (Å²) in [6.07, 6.45) is 2.29. The Kier molecular flexibility index (Phi) is 3.08. The van der Waals surface area contributed by atoms with Crippen molar-refractivity contribution in [2.75, 3.05) is 5.32 Å². The number of carbonyl (C=O) groups is 1. The third kappa shape index (κ3) is 2.44. The molecule has 0 spiro atoms. The maximum Gasteiger partial charge on any atom is 0.226 e. The quantitative estimate of drug-likeness (QED) is 0.846. The molecular formula is C16H20N4O. The molecular weight excluding hydrogens is 264 g/mol. The van der Waals surface area contributed by atoms with Crippen LogP contribution in [0.15, 0.2) is 18.3 Å². The Balaban J connectivity index is 2.14. The average Bonchev–Trinajstić information content (AvgIpc) is 2.82. The second-order valence-electron chi connectivity index (χ2n) is 6.65. The number of rotatable bonds is 1. The highest BCUT2D eigenvalue weighted by atomic mass is 16.1. The smallest absolute Gasteiger partial charge is 0.226 e. The number of carbonyl (C=O) groups excluding carboxylic acids is 1. The van der Waals surface area contributed by atoms with Crippen molar-refractivity contribution >= 4 is 11.7 Å². The number of aryl methyl sites for hydroxylation is 1. The Labute approximate surface area is 124 Å². The molecule has 0 aliphatic carbocycles. The number of H-pyrrole nitrogens is 1. The minimum Gasteiger partial charge on any atom is -0.309 e. The molecule has 1 atom stereocenters. The number of hydrogen-bond acceptors (Lipinski definition) is 3. The van der Waals surface area contributed by atoms with E-state index in [0.29, 0.717) is 12.2 Å². The molecule has 1 aliphatic rings. The molecule has 0 saturated heterocycles. The van der Waals surface area contributed by atoms with Crippen molar-refractivity contribution in [3.63, 3.8) is 0 Å². The molecule has 1 amide bonds. The third-order valence-corrected chi connectivity index (χ3v) is 3.89.